The lowest BCUT2D eigenvalue weighted by atomic mass is 10.00. The molecule has 1 saturated heterocycles. The lowest BCUT2D eigenvalue weighted by Crippen LogP contribution is -2.35. The highest BCUT2D eigenvalue weighted by atomic mass is 16.3. The number of β-amino-alcohol motifs (C(OH)–C–C–N with tert-alkyl or cyclic N) is 1. The number of rotatable bonds is 4. The van der Waals surface area contributed by atoms with Gasteiger partial charge in [-0.1, -0.05) is 5.21 Å². The van der Waals surface area contributed by atoms with Gasteiger partial charge in [-0.3, -0.25) is 9.48 Å². The zero-order valence-electron chi connectivity index (χ0n) is 15.5. The van der Waals surface area contributed by atoms with Crippen molar-refractivity contribution in [2.75, 3.05) is 13.1 Å². The monoisotopic (exact) mass is 346 g/mol. The molecular formula is C17H26N6O2. The van der Waals surface area contributed by atoms with Crippen LogP contribution in [-0.2, 0) is 5.60 Å². The number of aliphatic hydroxyl groups is 1. The maximum absolute atomic E-state index is 12.9. The summed E-state index contributed by atoms with van der Waals surface area (Å²) < 4.78 is 3.55. The van der Waals surface area contributed by atoms with Crippen LogP contribution in [0.2, 0.25) is 0 Å². The van der Waals surface area contributed by atoms with Gasteiger partial charge in [0.2, 0.25) is 0 Å². The van der Waals surface area contributed by atoms with E-state index in [1.165, 1.54) is 0 Å². The normalized spacial score (nSPS) is 20.9. The van der Waals surface area contributed by atoms with Crippen LogP contribution in [0.15, 0.2) is 12.4 Å². The number of amides is 1. The molecule has 0 aliphatic carbocycles. The molecule has 0 aromatic carbocycles. The highest BCUT2D eigenvalue weighted by molar-refractivity contribution is 5.95. The Bertz CT molecular complexity index is 778. The first-order valence-electron chi connectivity index (χ1n) is 8.71. The molecule has 1 aliphatic heterocycles. The SMILES string of the molecule is Cc1c(C(=O)N2CC[C@@](O)(c3cn(C(C)C)nn3)C2)cnn1C(C)C. The fourth-order valence-corrected chi connectivity index (χ4v) is 3.24. The number of aromatic nitrogens is 5. The summed E-state index contributed by atoms with van der Waals surface area (Å²) in [5, 5.41) is 23.4. The maximum Gasteiger partial charge on any atom is 0.257 e. The highest BCUT2D eigenvalue weighted by Gasteiger charge is 2.42. The van der Waals surface area contributed by atoms with E-state index in [9.17, 15) is 9.90 Å². The molecule has 3 rings (SSSR count). The molecule has 1 aliphatic rings. The number of nitrogens with zero attached hydrogens (tertiary/aromatic N) is 6. The summed E-state index contributed by atoms with van der Waals surface area (Å²) in [6, 6.07) is 0.372. The maximum atomic E-state index is 12.9. The molecule has 0 bridgehead atoms. The number of likely N-dealkylation sites (tertiary alicyclic amines) is 1. The molecule has 2 aromatic heterocycles. The van der Waals surface area contributed by atoms with Crippen molar-refractivity contribution in [3.63, 3.8) is 0 Å². The summed E-state index contributed by atoms with van der Waals surface area (Å²) in [6.07, 6.45) is 3.83. The van der Waals surface area contributed by atoms with Gasteiger partial charge in [-0.2, -0.15) is 5.10 Å². The molecule has 0 saturated carbocycles. The Morgan fingerprint density at radius 3 is 2.56 bits per heavy atom. The molecule has 2 aromatic rings. The molecule has 0 spiro atoms. The molecule has 8 heteroatoms. The van der Waals surface area contributed by atoms with E-state index < -0.39 is 5.60 Å². The van der Waals surface area contributed by atoms with Crippen molar-refractivity contribution in [1.29, 1.82) is 0 Å². The van der Waals surface area contributed by atoms with Crippen LogP contribution in [0.5, 0.6) is 0 Å². The van der Waals surface area contributed by atoms with Crippen LogP contribution in [0, 0.1) is 6.92 Å². The minimum atomic E-state index is -1.15. The number of hydrogen-bond acceptors (Lipinski definition) is 5. The average Bonchev–Trinajstić information content (AvgIpc) is 3.24. The Labute approximate surface area is 147 Å². The van der Waals surface area contributed by atoms with E-state index in [1.54, 1.807) is 22.0 Å². The third-order valence-corrected chi connectivity index (χ3v) is 4.82. The summed E-state index contributed by atoms with van der Waals surface area (Å²) in [5.74, 6) is -0.100. The Balaban J connectivity index is 1.78. The third-order valence-electron chi connectivity index (χ3n) is 4.82. The van der Waals surface area contributed by atoms with Crippen molar-refractivity contribution in [2.45, 2.75) is 58.7 Å². The Kier molecular flexibility index (Phi) is 4.40. The number of hydrogen-bond donors (Lipinski definition) is 1. The fraction of sp³-hybridized carbons (Fsp3) is 0.647. The molecule has 136 valence electrons. The van der Waals surface area contributed by atoms with E-state index >= 15 is 0 Å². The first kappa shape index (κ1) is 17.6. The van der Waals surface area contributed by atoms with Crippen molar-refractivity contribution in [1.82, 2.24) is 29.7 Å². The van der Waals surface area contributed by atoms with Crippen LogP contribution in [0.3, 0.4) is 0 Å². The van der Waals surface area contributed by atoms with Gasteiger partial charge in [-0.05, 0) is 34.6 Å². The second-order valence-corrected chi connectivity index (χ2v) is 7.37. The van der Waals surface area contributed by atoms with Gasteiger partial charge in [-0.15, -0.1) is 5.10 Å². The van der Waals surface area contributed by atoms with Crippen LogP contribution in [0.4, 0.5) is 0 Å². The van der Waals surface area contributed by atoms with Gasteiger partial charge in [-0.25, -0.2) is 4.68 Å². The minimum Gasteiger partial charge on any atom is -0.381 e. The molecular weight excluding hydrogens is 320 g/mol. The molecule has 0 radical (unpaired) electrons. The number of carbonyl (C=O) groups excluding carboxylic acids is 1. The van der Waals surface area contributed by atoms with Gasteiger partial charge in [0.15, 0.2) is 0 Å². The average molecular weight is 346 g/mol. The van der Waals surface area contributed by atoms with Gasteiger partial charge in [0.05, 0.1) is 24.5 Å². The summed E-state index contributed by atoms with van der Waals surface area (Å²) in [6.45, 7) is 10.7. The topological polar surface area (TPSA) is 89.1 Å². The van der Waals surface area contributed by atoms with E-state index in [0.717, 1.165) is 5.69 Å². The van der Waals surface area contributed by atoms with Crippen LogP contribution < -0.4 is 0 Å². The van der Waals surface area contributed by atoms with Gasteiger partial charge in [0, 0.05) is 30.7 Å². The molecule has 8 nitrogen and oxygen atoms in total. The van der Waals surface area contributed by atoms with Crippen LogP contribution in [0.1, 0.15) is 67.9 Å². The van der Waals surface area contributed by atoms with Gasteiger partial charge in [0.25, 0.3) is 5.91 Å². The Morgan fingerprint density at radius 1 is 1.28 bits per heavy atom. The largest absolute Gasteiger partial charge is 0.381 e. The predicted octanol–water partition coefficient (Wildman–Crippen LogP) is 1.68. The summed E-state index contributed by atoms with van der Waals surface area (Å²) >= 11 is 0. The molecule has 1 N–H and O–H groups in total. The highest BCUT2D eigenvalue weighted by Crippen LogP contribution is 2.32. The Hall–Kier alpha value is -2.22. The van der Waals surface area contributed by atoms with Crippen molar-refractivity contribution in [3.05, 3.63) is 29.3 Å². The molecule has 1 fully saturated rings. The van der Waals surface area contributed by atoms with E-state index in [2.05, 4.69) is 15.4 Å². The molecule has 1 atom stereocenters. The van der Waals surface area contributed by atoms with Crippen LogP contribution in [-0.4, -0.2) is 53.8 Å². The standard InChI is InChI=1S/C17H26N6O2/c1-11(2)22-9-15(19-20-22)17(25)6-7-21(10-17)16(24)14-8-18-23(12(3)4)13(14)5/h8-9,11-12,25H,6-7,10H2,1-5H3/t17-/m0/s1. The lowest BCUT2D eigenvalue weighted by molar-refractivity contribution is 0.0381. The zero-order valence-corrected chi connectivity index (χ0v) is 15.5. The van der Waals surface area contributed by atoms with Crippen molar-refractivity contribution < 1.29 is 9.90 Å². The van der Waals surface area contributed by atoms with Crippen molar-refractivity contribution in [3.8, 4) is 0 Å². The first-order valence-corrected chi connectivity index (χ1v) is 8.71. The molecule has 1 amide bonds. The van der Waals surface area contributed by atoms with Gasteiger partial charge in [0.1, 0.15) is 11.3 Å². The minimum absolute atomic E-state index is 0.100. The Morgan fingerprint density at radius 2 is 2.00 bits per heavy atom. The van der Waals surface area contributed by atoms with Crippen molar-refractivity contribution >= 4 is 5.91 Å². The van der Waals surface area contributed by atoms with Gasteiger partial charge >= 0.3 is 0 Å². The quantitative estimate of drug-likeness (QED) is 0.910. The second kappa shape index (κ2) is 6.25. The van der Waals surface area contributed by atoms with E-state index in [1.807, 2.05) is 39.3 Å². The lowest BCUT2D eigenvalue weighted by Gasteiger charge is -2.21. The van der Waals surface area contributed by atoms with E-state index in [4.69, 9.17) is 0 Å². The molecule has 3 heterocycles. The van der Waals surface area contributed by atoms with E-state index in [-0.39, 0.29) is 24.5 Å². The van der Waals surface area contributed by atoms with E-state index in [0.29, 0.717) is 24.2 Å². The van der Waals surface area contributed by atoms with Crippen LogP contribution >= 0.6 is 0 Å². The summed E-state index contributed by atoms with van der Waals surface area (Å²) in [4.78, 5) is 14.5. The molecule has 25 heavy (non-hydrogen) atoms. The van der Waals surface area contributed by atoms with Crippen LogP contribution in [0.25, 0.3) is 0 Å². The smallest absolute Gasteiger partial charge is 0.257 e. The second-order valence-electron chi connectivity index (χ2n) is 7.37. The zero-order chi connectivity index (χ0) is 18.4. The summed E-state index contributed by atoms with van der Waals surface area (Å²) in [7, 11) is 0. The fourth-order valence-electron chi connectivity index (χ4n) is 3.24. The third kappa shape index (κ3) is 3.06. The molecule has 0 unspecified atom stereocenters. The summed E-state index contributed by atoms with van der Waals surface area (Å²) in [5.41, 5.74) is 0.807. The first-order chi connectivity index (χ1) is 11.7. The number of carbonyl (C=O) groups is 1. The predicted molar refractivity (Wildman–Crippen MR) is 92.2 cm³/mol. The van der Waals surface area contributed by atoms with Gasteiger partial charge < -0.3 is 10.0 Å². The van der Waals surface area contributed by atoms with Crippen molar-refractivity contribution in [2.24, 2.45) is 0 Å².